The van der Waals surface area contributed by atoms with Gasteiger partial charge in [-0.3, -0.25) is 5.32 Å². The molecule has 0 radical (unpaired) electrons. The van der Waals surface area contributed by atoms with Crippen LogP contribution >= 0.6 is 23.4 Å². The monoisotopic (exact) mass is 327 g/mol. The SMILES string of the molecule is C#CCNC1CCc2c(SCc3ccc(Cl)cc3)cccc21. The lowest BCUT2D eigenvalue weighted by atomic mass is 10.1. The van der Waals surface area contributed by atoms with Crippen LogP contribution in [-0.4, -0.2) is 6.54 Å². The summed E-state index contributed by atoms with van der Waals surface area (Å²) in [5.41, 5.74) is 4.19. The Labute approximate surface area is 141 Å². The van der Waals surface area contributed by atoms with E-state index in [1.807, 2.05) is 23.9 Å². The molecule has 2 aromatic rings. The molecule has 0 saturated heterocycles. The van der Waals surface area contributed by atoms with Gasteiger partial charge >= 0.3 is 0 Å². The first-order valence-electron chi connectivity index (χ1n) is 7.44. The van der Waals surface area contributed by atoms with E-state index in [0.717, 1.165) is 23.6 Å². The highest BCUT2D eigenvalue weighted by atomic mass is 35.5. The minimum absolute atomic E-state index is 0.405. The van der Waals surface area contributed by atoms with Crippen molar-refractivity contribution >= 4 is 23.4 Å². The molecule has 1 unspecified atom stereocenters. The van der Waals surface area contributed by atoms with Crippen molar-refractivity contribution in [1.29, 1.82) is 0 Å². The number of fused-ring (bicyclic) bond motifs is 1. The van der Waals surface area contributed by atoms with Crippen LogP contribution in [0.1, 0.15) is 29.2 Å². The Hall–Kier alpha value is -1.40. The van der Waals surface area contributed by atoms with Gasteiger partial charge in [-0.15, -0.1) is 18.2 Å². The number of halogens is 1. The van der Waals surface area contributed by atoms with Crippen LogP contribution in [0.15, 0.2) is 47.4 Å². The van der Waals surface area contributed by atoms with E-state index in [1.165, 1.54) is 21.6 Å². The fourth-order valence-corrected chi connectivity index (χ4v) is 4.10. The van der Waals surface area contributed by atoms with E-state index in [9.17, 15) is 0 Å². The third kappa shape index (κ3) is 3.50. The van der Waals surface area contributed by atoms with E-state index in [2.05, 4.69) is 41.6 Å². The van der Waals surface area contributed by atoms with E-state index in [0.29, 0.717) is 12.6 Å². The Kier molecular flexibility index (Phi) is 5.10. The quantitative estimate of drug-likeness (QED) is 0.623. The van der Waals surface area contributed by atoms with Crippen LogP contribution < -0.4 is 5.32 Å². The maximum absolute atomic E-state index is 5.94. The highest BCUT2D eigenvalue weighted by molar-refractivity contribution is 7.98. The first-order valence-corrected chi connectivity index (χ1v) is 8.80. The molecule has 0 bridgehead atoms. The van der Waals surface area contributed by atoms with Crippen molar-refractivity contribution in [3.8, 4) is 12.3 Å². The molecule has 0 fully saturated rings. The van der Waals surface area contributed by atoms with Crippen LogP contribution in [0.25, 0.3) is 0 Å². The van der Waals surface area contributed by atoms with Crippen molar-refractivity contribution < 1.29 is 0 Å². The molecule has 0 spiro atoms. The molecule has 1 aliphatic rings. The molecule has 22 heavy (non-hydrogen) atoms. The summed E-state index contributed by atoms with van der Waals surface area (Å²) < 4.78 is 0. The van der Waals surface area contributed by atoms with Crippen molar-refractivity contribution in [1.82, 2.24) is 5.32 Å². The van der Waals surface area contributed by atoms with Crippen LogP contribution in [0.3, 0.4) is 0 Å². The molecule has 1 nitrogen and oxygen atoms in total. The van der Waals surface area contributed by atoms with Crippen molar-refractivity contribution in [2.75, 3.05) is 6.54 Å². The average molecular weight is 328 g/mol. The number of terminal acetylenes is 1. The van der Waals surface area contributed by atoms with Crippen molar-refractivity contribution in [3.63, 3.8) is 0 Å². The highest BCUT2D eigenvalue weighted by Gasteiger charge is 2.23. The standard InChI is InChI=1S/C19H18ClNS/c1-2-12-21-18-11-10-17-16(18)4-3-5-19(17)22-13-14-6-8-15(20)9-7-14/h1,3-9,18,21H,10-13H2. The fourth-order valence-electron chi connectivity index (χ4n) is 2.89. The second kappa shape index (κ2) is 7.24. The minimum atomic E-state index is 0.405. The molecular weight excluding hydrogens is 310 g/mol. The summed E-state index contributed by atoms with van der Waals surface area (Å²) in [6, 6.07) is 15.1. The predicted octanol–water partition coefficient (Wildman–Crippen LogP) is 4.84. The summed E-state index contributed by atoms with van der Waals surface area (Å²) in [6.45, 7) is 0.631. The third-order valence-corrected chi connectivity index (χ3v) is 5.41. The van der Waals surface area contributed by atoms with Gasteiger partial charge in [0.05, 0.1) is 6.54 Å². The molecule has 0 amide bonds. The highest BCUT2D eigenvalue weighted by Crippen LogP contribution is 2.38. The zero-order chi connectivity index (χ0) is 15.4. The second-order valence-electron chi connectivity index (χ2n) is 5.42. The Balaban J connectivity index is 1.72. The molecule has 3 rings (SSSR count). The van der Waals surface area contributed by atoms with Gasteiger partial charge in [0.2, 0.25) is 0 Å². The van der Waals surface area contributed by atoms with Gasteiger partial charge in [-0.05, 0) is 47.7 Å². The fraction of sp³-hybridized carbons (Fsp3) is 0.263. The summed E-state index contributed by atoms with van der Waals surface area (Å²) >= 11 is 7.83. The van der Waals surface area contributed by atoms with E-state index >= 15 is 0 Å². The summed E-state index contributed by atoms with van der Waals surface area (Å²) in [7, 11) is 0. The molecular formula is C19H18ClNS. The van der Waals surface area contributed by atoms with Crippen LogP contribution in [0.4, 0.5) is 0 Å². The van der Waals surface area contributed by atoms with Crippen LogP contribution in [0.5, 0.6) is 0 Å². The number of hydrogen-bond acceptors (Lipinski definition) is 2. The molecule has 1 atom stereocenters. The van der Waals surface area contributed by atoms with E-state index in [-0.39, 0.29) is 0 Å². The van der Waals surface area contributed by atoms with Gasteiger partial charge in [-0.2, -0.15) is 0 Å². The summed E-state index contributed by atoms with van der Waals surface area (Å²) in [4.78, 5) is 1.39. The first kappa shape index (κ1) is 15.5. The van der Waals surface area contributed by atoms with Crippen molar-refractivity contribution in [2.45, 2.75) is 29.5 Å². The largest absolute Gasteiger partial charge is 0.299 e. The average Bonchev–Trinajstić information content (AvgIpc) is 2.96. The van der Waals surface area contributed by atoms with Crippen molar-refractivity contribution in [3.05, 3.63) is 64.2 Å². The van der Waals surface area contributed by atoms with Gasteiger partial charge in [0, 0.05) is 21.7 Å². The maximum atomic E-state index is 5.94. The molecule has 0 saturated carbocycles. The molecule has 1 N–H and O–H groups in total. The number of thioether (sulfide) groups is 1. The lowest BCUT2D eigenvalue weighted by Gasteiger charge is -2.13. The molecule has 0 aliphatic heterocycles. The number of nitrogens with one attached hydrogen (secondary N) is 1. The van der Waals surface area contributed by atoms with Gasteiger partial charge < -0.3 is 0 Å². The van der Waals surface area contributed by atoms with Crippen LogP contribution in [-0.2, 0) is 12.2 Å². The van der Waals surface area contributed by atoms with E-state index in [1.54, 1.807) is 0 Å². The van der Waals surface area contributed by atoms with E-state index < -0.39 is 0 Å². The molecule has 1 aliphatic carbocycles. The van der Waals surface area contributed by atoms with Gasteiger partial charge in [0.1, 0.15) is 0 Å². The maximum Gasteiger partial charge on any atom is 0.0578 e. The molecule has 3 heteroatoms. The number of rotatable bonds is 5. The smallest absolute Gasteiger partial charge is 0.0578 e. The van der Waals surface area contributed by atoms with Gasteiger partial charge in [0.25, 0.3) is 0 Å². The minimum Gasteiger partial charge on any atom is -0.299 e. The lowest BCUT2D eigenvalue weighted by Crippen LogP contribution is -2.19. The van der Waals surface area contributed by atoms with Crippen LogP contribution in [0.2, 0.25) is 5.02 Å². The Bertz CT molecular complexity index is 688. The molecule has 2 aromatic carbocycles. The van der Waals surface area contributed by atoms with Gasteiger partial charge in [-0.1, -0.05) is 41.8 Å². The topological polar surface area (TPSA) is 12.0 Å². The normalized spacial score (nSPS) is 16.3. The molecule has 0 aromatic heterocycles. The predicted molar refractivity (Wildman–Crippen MR) is 95.4 cm³/mol. The molecule has 112 valence electrons. The Morgan fingerprint density at radius 2 is 2.05 bits per heavy atom. The zero-order valence-corrected chi connectivity index (χ0v) is 13.9. The zero-order valence-electron chi connectivity index (χ0n) is 12.3. The first-order chi connectivity index (χ1) is 10.8. The molecule has 0 heterocycles. The van der Waals surface area contributed by atoms with E-state index in [4.69, 9.17) is 18.0 Å². The Morgan fingerprint density at radius 1 is 1.23 bits per heavy atom. The number of hydrogen-bond donors (Lipinski definition) is 1. The van der Waals surface area contributed by atoms with Crippen molar-refractivity contribution in [2.24, 2.45) is 0 Å². The van der Waals surface area contributed by atoms with Gasteiger partial charge in [-0.25, -0.2) is 0 Å². The number of benzene rings is 2. The third-order valence-electron chi connectivity index (χ3n) is 3.99. The second-order valence-corrected chi connectivity index (χ2v) is 6.87. The summed E-state index contributed by atoms with van der Waals surface area (Å²) in [5, 5.41) is 4.22. The van der Waals surface area contributed by atoms with Gasteiger partial charge in [0.15, 0.2) is 0 Å². The lowest BCUT2D eigenvalue weighted by molar-refractivity contribution is 0.568. The summed E-state index contributed by atoms with van der Waals surface area (Å²) in [6.07, 6.45) is 7.61. The summed E-state index contributed by atoms with van der Waals surface area (Å²) in [5.74, 6) is 3.63. The van der Waals surface area contributed by atoms with Crippen LogP contribution in [0, 0.1) is 12.3 Å². The Morgan fingerprint density at radius 3 is 2.82 bits per heavy atom.